The highest BCUT2D eigenvalue weighted by atomic mass is 16.6. The summed E-state index contributed by atoms with van der Waals surface area (Å²) in [6.07, 6.45) is 11.3. The van der Waals surface area contributed by atoms with Crippen molar-refractivity contribution >= 4 is 5.97 Å². The van der Waals surface area contributed by atoms with Crippen LogP contribution >= 0.6 is 0 Å². The molecule has 0 aromatic rings. The van der Waals surface area contributed by atoms with Crippen LogP contribution in [0, 0.1) is 17.8 Å². The maximum atomic E-state index is 12.3. The Bertz CT molecular complexity index is 951. The fraction of sp³-hybridized carbons (Fsp3) is 0.750. The zero-order valence-electron chi connectivity index (χ0n) is 21.6. The number of piperidine rings is 2. The lowest BCUT2D eigenvalue weighted by Crippen LogP contribution is -2.65. The lowest BCUT2D eigenvalue weighted by Gasteiger charge is -2.57. The van der Waals surface area contributed by atoms with Crippen LogP contribution in [0.2, 0.25) is 0 Å². The molecule has 7 heteroatoms. The lowest BCUT2D eigenvalue weighted by molar-refractivity contribution is -0.143. The molecule has 7 nitrogen and oxygen atoms in total. The number of aliphatic hydroxyl groups excluding tert-OH is 1. The van der Waals surface area contributed by atoms with Crippen LogP contribution in [0.5, 0.6) is 0 Å². The van der Waals surface area contributed by atoms with Gasteiger partial charge in [0.25, 0.3) is 0 Å². The highest BCUT2D eigenvalue weighted by molar-refractivity contribution is 5.94. The van der Waals surface area contributed by atoms with Gasteiger partial charge in [-0.2, -0.15) is 0 Å². The van der Waals surface area contributed by atoms with E-state index in [1.165, 1.54) is 7.11 Å². The highest BCUT2D eigenvalue weighted by Gasteiger charge is 2.56. The number of allylic oxidation sites excluding steroid dienone is 1. The van der Waals surface area contributed by atoms with Crippen molar-refractivity contribution in [2.45, 2.75) is 102 Å². The van der Waals surface area contributed by atoms with E-state index in [2.05, 4.69) is 31.7 Å². The van der Waals surface area contributed by atoms with Gasteiger partial charge in [-0.25, -0.2) is 4.79 Å². The molecular weight excluding hydrogens is 446 g/mol. The molecule has 0 unspecified atom stereocenters. The quantitative estimate of drug-likeness (QED) is 0.544. The molecule has 0 aromatic carbocycles. The molecule has 0 spiro atoms. The summed E-state index contributed by atoms with van der Waals surface area (Å²) >= 11 is 0. The number of hydrogen-bond acceptors (Lipinski definition) is 7. The van der Waals surface area contributed by atoms with Gasteiger partial charge in [-0.1, -0.05) is 40.0 Å². The van der Waals surface area contributed by atoms with Crippen LogP contribution in [-0.2, 0) is 19.0 Å². The minimum absolute atomic E-state index is 0.00861. The summed E-state index contributed by atoms with van der Waals surface area (Å²) in [6, 6.07) is 0.894. The van der Waals surface area contributed by atoms with Crippen LogP contribution in [0.15, 0.2) is 34.7 Å². The van der Waals surface area contributed by atoms with E-state index in [1.54, 1.807) is 0 Å². The smallest absolute Gasteiger partial charge is 0.345 e. The van der Waals surface area contributed by atoms with Crippen molar-refractivity contribution in [3.63, 3.8) is 0 Å². The summed E-state index contributed by atoms with van der Waals surface area (Å²) in [6.45, 7) is 6.20. The van der Waals surface area contributed by atoms with Gasteiger partial charge in [-0.05, 0) is 50.5 Å². The Hall–Kier alpha value is -1.83. The van der Waals surface area contributed by atoms with Gasteiger partial charge in [0.2, 0.25) is 5.76 Å². The van der Waals surface area contributed by atoms with Crippen molar-refractivity contribution in [2.24, 2.45) is 17.8 Å². The summed E-state index contributed by atoms with van der Waals surface area (Å²) in [5.74, 6) is 2.34. The minimum Gasteiger partial charge on any atom is -0.492 e. The third kappa shape index (κ3) is 4.13. The Morgan fingerprint density at radius 1 is 1.26 bits per heavy atom. The zero-order valence-corrected chi connectivity index (χ0v) is 21.6. The molecule has 0 aromatic heterocycles. The fourth-order valence-electron chi connectivity index (χ4n) is 7.41. The van der Waals surface area contributed by atoms with Gasteiger partial charge in [0.05, 0.1) is 19.3 Å². The van der Waals surface area contributed by atoms with Crippen molar-refractivity contribution in [3.8, 4) is 0 Å². The van der Waals surface area contributed by atoms with Gasteiger partial charge >= 0.3 is 5.97 Å². The molecule has 3 saturated heterocycles. The molecule has 0 radical (unpaired) electrons. The Kier molecular flexibility index (Phi) is 6.79. The van der Waals surface area contributed by atoms with E-state index in [0.29, 0.717) is 23.5 Å². The third-order valence-electron chi connectivity index (χ3n) is 9.09. The lowest BCUT2D eigenvalue weighted by atomic mass is 9.70. The van der Waals surface area contributed by atoms with E-state index in [0.717, 1.165) is 63.5 Å². The van der Waals surface area contributed by atoms with E-state index in [-0.39, 0.29) is 35.3 Å². The Morgan fingerprint density at radius 2 is 2.06 bits per heavy atom. The Morgan fingerprint density at radius 3 is 2.77 bits per heavy atom. The molecule has 35 heavy (non-hydrogen) atoms. The first-order chi connectivity index (χ1) is 16.8. The number of fused-ring (bicyclic) bond motifs is 2. The fourth-order valence-corrected chi connectivity index (χ4v) is 7.41. The molecule has 0 saturated carbocycles. The number of rotatable bonds is 6. The molecule has 0 bridgehead atoms. The summed E-state index contributed by atoms with van der Waals surface area (Å²) in [5.41, 5.74) is -0.492. The first-order valence-corrected chi connectivity index (χ1v) is 13.5. The molecule has 3 fully saturated rings. The third-order valence-corrected chi connectivity index (χ3v) is 9.09. The van der Waals surface area contributed by atoms with Gasteiger partial charge < -0.3 is 24.4 Å². The molecule has 0 amide bonds. The number of carbonyl (C=O) groups excluding carboxylic acids is 1. The van der Waals surface area contributed by atoms with Crippen molar-refractivity contribution in [1.29, 1.82) is 0 Å². The summed E-state index contributed by atoms with van der Waals surface area (Å²) in [4.78, 5) is 15.0. The second kappa shape index (κ2) is 9.56. The number of methoxy groups -OCH3 is 1. The topological polar surface area (TPSA) is 88.5 Å². The number of aliphatic hydroxyl groups is 2. The highest BCUT2D eigenvalue weighted by Crippen LogP contribution is 2.53. The second-order valence-corrected chi connectivity index (χ2v) is 11.6. The monoisotopic (exact) mass is 487 g/mol. The van der Waals surface area contributed by atoms with E-state index >= 15 is 0 Å². The molecule has 194 valence electrons. The van der Waals surface area contributed by atoms with Crippen molar-refractivity contribution in [2.75, 3.05) is 13.7 Å². The van der Waals surface area contributed by atoms with Gasteiger partial charge in [-0.15, -0.1) is 0 Å². The number of ether oxygens (including phenoxy) is 3. The molecule has 2 N–H and O–H groups in total. The van der Waals surface area contributed by atoms with Crippen LogP contribution < -0.4 is 0 Å². The Balaban J connectivity index is 1.46. The zero-order chi connectivity index (χ0) is 24.9. The number of cyclic esters (lactones) is 1. The average Bonchev–Trinajstić information content (AvgIpc) is 3.27. The molecule has 6 atom stereocenters. The van der Waals surface area contributed by atoms with Crippen LogP contribution in [0.3, 0.4) is 0 Å². The van der Waals surface area contributed by atoms with Gasteiger partial charge in [0.1, 0.15) is 11.3 Å². The number of esters is 1. The predicted octanol–water partition coefficient (Wildman–Crippen LogP) is 4.16. The van der Waals surface area contributed by atoms with Crippen LogP contribution in [0.1, 0.15) is 78.6 Å². The van der Waals surface area contributed by atoms with Crippen LogP contribution in [0.4, 0.5) is 0 Å². The van der Waals surface area contributed by atoms with Gasteiger partial charge in [-0.3, -0.25) is 4.90 Å². The standard InChI is InChI=1S/C28H41NO6/c1-16(2)7-6-13-28(32)14-12-18-10-11-21-23(20-8-5-9-22(28)29(18)20)17(3)24(34-21)26-25(33-4)19(15-30)27(31)35-26/h11,16-18,20,22-23,30,32H,5-10,12-15H2,1-4H3/b26-24+/t17-,18+,20-,22-,23+,28+/m0/s1. The SMILES string of the molecule is COC1=C(CO)C(=O)O/C1=C1/OC2=CC[C@@H]3CC[C@](O)(CCCC(C)C)[C@@H]4CCC[C@@H]([C@H]2[C@@H]1C)N34. The summed E-state index contributed by atoms with van der Waals surface area (Å²) in [5, 5.41) is 21.6. The molecule has 0 aliphatic carbocycles. The Labute approximate surface area is 208 Å². The maximum Gasteiger partial charge on any atom is 0.345 e. The van der Waals surface area contributed by atoms with Crippen molar-refractivity contribution in [3.05, 3.63) is 34.7 Å². The van der Waals surface area contributed by atoms with Crippen LogP contribution in [0.25, 0.3) is 0 Å². The second-order valence-electron chi connectivity index (χ2n) is 11.6. The van der Waals surface area contributed by atoms with E-state index in [4.69, 9.17) is 14.2 Å². The minimum atomic E-state index is -0.623. The van der Waals surface area contributed by atoms with E-state index < -0.39 is 18.2 Å². The normalized spacial score (nSPS) is 39.1. The molecule has 5 heterocycles. The van der Waals surface area contributed by atoms with Crippen LogP contribution in [-0.4, -0.2) is 58.5 Å². The molecular formula is C28H41NO6. The largest absolute Gasteiger partial charge is 0.492 e. The molecule has 5 aliphatic rings. The van der Waals surface area contributed by atoms with Crippen molar-refractivity contribution in [1.82, 2.24) is 4.90 Å². The number of nitrogens with zero attached hydrogens (tertiary/aromatic N) is 1. The average molecular weight is 488 g/mol. The number of carbonyl (C=O) groups is 1. The van der Waals surface area contributed by atoms with Gasteiger partial charge in [0, 0.05) is 30.0 Å². The first kappa shape index (κ1) is 24.8. The molecule has 5 aliphatic heterocycles. The van der Waals surface area contributed by atoms with Gasteiger partial charge in [0.15, 0.2) is 11.5 Å². The first-order valence-electron chi connectivity index (χ1n) is 13.5. The predicted molar refractivity (Wildman–Crippen MR) is 131 cm³/mol. The summed E-state index contributed by atoms with van der Waals surface area (Å²) < 4.78 is 17.4. The van der Waals surface area contributed by atoms with E-state index in [9.17, 15) is 15.0 Å². The summed E-state index contributed by atoms with van der Waals surface area (Å²) in [7, 11) is 1.48. The maximum absolute atomic E-state index is 12.3. The van der Waals surface area contributed by atoms with Crippen molar-refractivity contribution < 1.29 is 29.2 Å². The molecule has 5 rings (SSSR count). The number of hydrogen-bond donors (Lipinski definition) is 2. The van der Waals surface area contributed by atoms with E-state index in [1.807, 2.05) is 0 Å².